The molecule has 4 N–H and O–H groups in total. The second kappa shape index (κ2) is 8.14. The molecule has 0 aliphatic carbocycles. The highest BCUT2D eigenvalue weighted by Gasteiger charge is 2.26. The fourth-order valence-corrected chi connectivity index (χ4v) is 4.11. The lowest BCUT2D eigenvalue weighted by molar-refractivity contribution is 0.250. The van der Waals surface area contributed by atoms with Crippen LogP contribution in [0.25, 0.3) is 11.4 Å². The van der Waals surface area contributed by atoms with E-state index in [2.05, 4.69) is 47.7 Å². The molecule has 1 aromatic carbocycles. The van der Waals surface area contributed by atoms with Crippen LogP contribution in [0.3, 0.4) is 0 Å². The van der Waals surface area contributed by atoms with Crippen molar-refractivity contribution in [3.8, 4) is 11.4 Å². The van der Waals surface area contributed by atoms with Crippen LogP contribution in [0.2, 0.25) is 0 Å². The predicted octanol–water partition coefficient (Wildman–Crippen LogP) is 3.54. The molecule has 0 amide bonds. The lowest BCUT2D eigenvalue weighted by Crippen LogP contribution is -2.42. The molecular formula is C22H28N8. The van der Waals surface area contributed by atoms with E-state index < -0.39 is 0 Å². The average molecular weight is 405 g/mol. The molecule has 156 valence electrons. The third kappa shape index (κ3) is 4.12. The average Bonchev–Trinajstić information content (AvgIpc) is 3.09. The highest BCUT2D eigenvalue weighted by Crippen LogP contribution is 2.30. The smallest absolute Gasteiger partial charge is 0.188 e. The first kappa shape index (κ1) is 19.9. The SMILES string of the molecule is Cc1cc(C)cc(Nc2cccc(-c3c(C)nnn3C3CCN(C(=N)N)CC3)n2)c1. The topological polar surface area (TPSA) is 109 Å². The Kier molecular flexibility index (Phi) is 5.39. The molecule has 0 saturated carbocycles. The largest absolute Gasteiger partial charge is 0.370 e. The second-order valence-electron chi connectivity index (χ2n) is 7.98. The highest BCUT2D eigenvalue weighted by atomic mass is 15.4. The molecule has 0 spiro atoms. The molecule has 1 fully saturated rings. The van der Waals surface area contributed by atoms with Crippen LogP contribution in [0.4, 0.5) is 11.5 Å². The minimum Gasteiger partial charge on any atom is -0.370 e. The summed E-state index contributed by atoms with van der Waals surface area (Å²) in [7, 11) is 0. The van der Waals surface area contributed by atoms with Crippen molar-refractivity contribution in [3.05, 3.63) is 53.2 Å². The summed E-state index contributed by atoms with van der Waals surface area (Å²) in [6, 6.07) is 12.6. The van der Waals surface area contributed by atoms with E-state index in [1.165, 1.54) is 11.1 Å². The maximum Gasteiger partial charge on any atom is 0.188 e. The summed E-state index contributed by atoms with van der Waals surface area (Å²) >= 11 is 0. The Morgan fingerprint density at radius 1 is 1.10 bits per heavy atom. The van der Waals surface area contributed by atoms with Gasteiger partial charge in [-0.05, 0) is 69.0 Å². The number of hydrogen-bond acceptors (Lipinski definition) is 5. The van der Waals surface area contributed by atoms with Crippen LogP contribution in [-0.2, 0) is 0 Å². The molecule has 0 radical (unpaired) electrons. The fraction of sp³-hybridized carbons (Fsp3) is 0.364. The summed E-state index contributed by atoms with van der Waals surface area (Å²) in [6.07, 6.45) is 1.74. The summed E-state index contributed by atoms with van der Waals surface area (Å²) < 4.78 is 2.00. The summed E-state index contributed by atoms with van der Waals surface area (Å²) in [5.74, 6) is 0.923. The zero-order valence-corrected chi connectivity index (χ0v) is 17.7. The Hall–Kier alpha value is -3.42. The molecule has 8 nitrogen and oxygen atoms in total. The third-order valence-corrected chi connectivity index (χ3v) is 5.50. The van der Waals surface area contributed by atoms with Crippen molar-refractivity contribution in [1.82, 2.24) is 24.9 Å². The molecule has 0 atom stereocenters. The van der Waals surface area contributed by atoms with Gasteiger partial charge in [-0.2, -0.15) is 0 Å². The van der Waals surface area contributed by atoms with Gasteiger partial charge in [0.15, 0.2) is 5.96 Å². The molecule has 0 bridgehead atoms. The number of nitrogens with two attached hydrogens (primary N) is 1. The van der Waals surface area contributed by atoms with Crippen molar-refractivity contribution in [3.63, 3.8) is 0 Å². The maximum absolute atomic E-state index is 7.63. The Balaban J connectivity index is 1.60. The zero-order chi connectivity index (χ0) is 21.3. The Morgan fingerprint density at radius 2 is 1.80 bits per heavy atom. The van der Waals surface area contributed by atoms with E-state index in [9.17, 15) is 0 Å². The molecule has 1 saturated heterocycles. The molecular weight excluding hydrogens is 376 g/mol. The standard InChI is InChI=1S/C22H28N8/c1-14-11-15(2)13-17(12-14)25-20-6-4-5-19(26-20)21-16(3)27-28-30(21)18-7-9-29(10-8-18)22(23)24/h4-6,11-13,18H,7-10H2,1-3H3,(H3,23,24)(H,25,26). The molecule has 30 heavy (non-hydrogen) atoms. The molecule has 1 aliphatic rings. The molecule has 2 aromatic heterocycles. The summed E-state index contributed by atoms with van der Waals surface area (Å²) in [5.41, 5.74) is 11.7. The van der Waals surface area contributed by atoms with Gasteiger partial charge < -0.3 is 16.0 Å². The van der Waals surface area contributed by atoms with E-state index in [0.29, 0.717) is 0 Å². The van der Waals surface area contributed by atoms with Crippen LogP contribution in [0.15, 0.2) is 36.4 Å². The molecule has 0 unspecified atom stereocenters. The first-order chi connectivity index (χ1) is 14.4. The number of aromatic nitrogens is 4. The number of rotatable bonds is 4. The number of nitrogens with zero attached hydrogens (tertiary/aromatic N) is 5. The third-order valence-electron chi connectivity index (χ3n) is 5.50. The molecule has 4 rings (SSSR count). The second-order valence-corrected chi connectivity index (χ2v) is 7.98. The van der Waals surface area contributed by atoms with Crippen LogP contribution < -0.4 is 11.1 Å². The van der Waals surface area contributed by atoms with E-state index >= 15 is 0 Å². The van der Waals surface area contributed by atoms with Gasteiger partial charge in [-0.15, -0.1) is 5.10 Å². The van der Waals surface area contributed by atoms with E-state index in [1.54, 1.807) is 0 Å². The van der Waals surface area contributed by atoms with Crippen molar-refractivity contribution in [2.24, 2.45) is 5.73 Å². The number of piperidine rings is 1. The molecule has 3 aromatic rings. The quantitative estimate of drug-likeness (QED) is 0.453. The monoisotopic (exact) mass is 404 g/mol. The van der Waals surface area contributed by atoms with E-state index in [1.807, 2.05) is 34.7 Å². The number of anilines is 2. The van der Waals surface area contributed by atoms with Gasteiger partial charge in [0.1, 0.15) is 11.5 Å². The minimum absolute atomic E-state index is 0.135. The van der Waals surface area contributed by atoms with Crippen molar-refractivity contribution < 1.29 is 0 Å². The lowest BCUT2D eigenvalue weighted by atomic mass is 10.0. The number of likely N-dealkylation sites (tertiary alicyclic amines) is 1. The number of guanidine groups is 1. The van der Waals surface area contributed by atoms with E-state index in [4.69, 9.17) is 16.1 Å². The van der Waals surface area contributed by atoms with E-state index in [-0.39, 0.29) is 12.0 Å². The van der Waals surface area contributed by atoms with Gasteiger partial charge in [0, 0.05) is 18.8 Å². The van der Waals surface area contributed by atoms with Gasteiger partial charge >= 0.3 is 0 Å². The van der Waals surface area contributed by atoms with Gasteiger partial charge in [-0.1, -0.05) is 17.3 Å². The van der Waals surface area contributed by atoms with Gasteiger partial charge in [0.2, 0.25) is 0 Å². The van der Waals surface area contributed by atoms with Crippen LogP contribution in [0.5, 0.6) is 0 Å². The first-order valence-corrected chi connectivity index (χ1v) is 10.2. The van der Waals surface area contributed by atoms with Crippen molar-refractivity contribution >= 4 is 17.5 Å². The minimum atomic E-state index is 0.135. The number of pyridine rings is 1. The Bertz CT molecular complexity index is 1040. The summed E-state index contributed by atoms with van der Waals surface area (Å²) in [4.78, 5) is 6.75. The number of hydrogen-bond donors (Lipinski definition) is 3. The lowest BCUT2D eigenvalue weighted by Gasteiger charge is -2.32. The molecule has 3 heterocycles. The van der Waals surface area contributed by atoms with Crippen LogP contribution in [0, 0.1) is 26.2 Å². The van der Waals surface area contributed by atoms with Gasteiger partial charge in [0.05, 0.1) is 17.4 Å². The van der Waals surface area contributed by atoms with Gasteiger partial charge in [0.25, 0.3) is 0 Å². The van der Waals surface area contributed by atoms with Crippen LogP contribution in [-0.4, -0.2) is 43.9 Å². The number of aryl methyl sites for hydroxylation is 3. The Labute approximate surface area is 176 Å². The maximum atomic E-state index is 7.63. The van der Waals surface area contributed by atoms with Gasteiger partial charge in [-0.25, -0.2) is 9.67 Å². The van der Waals surface area contributed by atoms with Crippen LogP contribution >= 0.6 is 0 Å². The summed E-state index contributed by atoms with van der Waals surface area (Å²) in [5, 5.41) is 19.8. The van der Waals surface area contributed by atoms with Gasteiger partial charge in [-0.3, -0.25) is 5.41 Å². The van der Waals surface area contributed by atoms with Crippen molar-refractivity contribution in [2.45, 2.75) is 39.7 Å². The Morgan fingerprint density at radius 3 is 2.47 bits per heavy atom. The number of nitrogens with one attached hydrogen (secondary N) is 2. The zero-order valence-electron chi connectivity index (χ0n) is 17.7. The van der Waals surface area contributed by atoms with Crippen molar-refractivity contribution in [1.29, 1.82) is 5.41 Å². The highest BCUT2D eigenvalue weighted by molar-refractivity contribution is 5.74. The van der Waals surface area contributed by atoms with Crippen molar-refractivity contribution in [2.75, 3.05) is 18.4 Å². The van der Waals surface area contributed by atoms with E-state index in [0.717, 1.165) is 54.5 Å². The summed E-state index contributed by atoms with van der Waals surface area (Å²) in [6.45, 7) is 7.65. The number of benzene rings is 1. The molecule has 8 heteroatoms. The first-order valence-electron chi connectivity index (χ1n) is 10.2. The fourth-order valence-electron chi connectivity index (χ4n) is 4.11. The van der Waals surface area contributed by atoms with Crippen LogP contribution in [0.1, 0.15) is 35.7 Å². The molecule has 1 aliphatic heterocycles. The normalized spacial score (nSPS) is 14.7. The predicted molar refractivity (Wildman–Crippen MR) is 119 cm³/mol.